The van der Waals surface area contributed by atoms with Gasteiger partial charge in [0.1, 0.15) is 17.7 Å². The number of rotatable bonds is 6. The average molecular weight is 333 g/mol. The van der Waals surface area contributed by atoms with E-state index in [-0.39, 0.29) is 18.7 Å². The van der Waals surface area contributed by atoms with Crippen molar-refractivity contribution in [3.8, 4) is 0 Å². The second kappa shape index (κ2) is 8.19. The number of halogens is 2. The lowest BCUT2D eigenvalue weighted by Crippen LogP contribution is -2.43. The molecule has 2 rings (SSSR count). The van der Waals surface area contributed by atoms with Crippen LogP contribution in [0.25, 0.3) is 0 Å². The Labute approximate surface area is 138 Å². The van der Waals surface area contributed by atoms with Gasteiger partial charge in [-0.2, -0.15) is 0 Å². The Morgan fingerprint density at radius 2 is 1.75 bits per heavy atom. The maximum Gasteiger partial charge on any atom is 0.328 e. The minimum Gasteiger partial charge on any atom is -0.467 e. The molecule has 6 heteroatoms. The van der Waals surface area contributed by atoms with Gasteiger partial charge >= 0.3 is 5.97 Å². The van der Waals surface area contributed by atoms with Crippen LogP contribution in [0.2, 0.25) is 0 Å². The molecular weight excluding hydrogens is 316 g/mol. The smallest absolute Gasteiger partial charge is 0.328 e. The van der Waals surface area contributed by atoms with Gasteiger partial charge in [-0.05, 0) is 35.4 Å². The lowest BCUT2D eigenvalue weighted by molar-refractivity contribution is -0.145. The number of amides is 1. The van der Waals surface area contributed by atoms with E-state index in [1.165, 1.54) is 49.6 Å². The van der Waals surface area contributed by atoms with Crippen molar-refractivity contribution in [2.75, 3.05) is 7.11 Å². The molecule has 1 N–H and O–H groups in total. The molecule has 0 saturated carbocycles. The molecule has 0 saturated heterocycles. The molecule has 0 aliphatic rings. The summed E-state index contributed by atoms with van der Waals surface area (Å²) in [5.74, 6) is -1.86. The molecule has 0 aromatic heterocycles. The number of esters is 1. The Bertz CT molecular complexity index is 716. The first-order chi connectivity index (χ1) is 11.5. The minimum atomic E-state index is -0.901. The third-order valence-electron chi connectivity index (χ3n) is 3.43. The summed E-state index contributed by atoms with van der Waals surface area (Å²) < 4.78 is 30.8. The van der Waals surface area contributed by atoms with Crippen LogP contribution in [0.1, 0.15) is 11.1 Å². The minimum absolute atomic E-state index is 0.0608. The van der Waals surface area contributed by atoms with Gasteiger partial charge in [0.25, 0.3) is 0 Å². The normalized spacial score (nSPS) is 11.6. The molecule has 0 unspecified atom stereocenters. The van der Waals surface area contributed by atoms with Crippen LogP contribution in [0, 0.1) is 11.6 Å². The highest BCUT2D eigenvalue weighted by molar-refractivity contribution is 5.85. The fraction of sp³-hybridized carbons (Fsp3) is 0.222. The third-order valence-corrected chi connectivity index (χ3v) is 3.43. The number of benzene rings is 2. The van der Waals surface area contributed by atoms with Crippen molar-refractivity contribution < 1.29 is 23.1 Å². The third kappa shape index (κ3) is 5.15. The van der Waals surface area contributed by atoms with Crippen LogP contribution in [-0.2, 0) is 27.2 Å². The van der Waals surface area contributed by atoms with E-state index in [9.17, 15) is 18.4 Å². The first-order valence-electron chi connectivity index (χ1n) is 7.34. The van der Waals surface area contributed by atoms with E-state index in [1.54, 1.807) is 6.07 Å². The van der Waals surface area contributed by atoms with Crippen molar-refractivity contribution in [1.29, 1.82) is 0 Å². The van der Waals surface area contributed by atoms with Crippen LogP contribution in [0.3, 0.4) is 0 Å². The van der Waals surface area contributed by atoms with E-state index in [0.29, 0.717) is 11.1 Å². The number of carbonyl (C=O) groups excluding carboxylic acids is 2. The lowest BCUT2D eigenvalue weighted by Gasteiger charge is -2.16. The van der Waals surface area contributed by atoms with Crippen molar-refractivity contribution in [3.05, 3.63) is 71.3 Å². The highest BCUT2D eigenvalue weighted by atomic mass is 19.1. The fourth-order valence-corrected chi connectivity index (χ4v) is 2.27. The zero-order valence-corrected chi connectivity index (χ0v) is 13.1. The number of nitrogens with one attached hydrogen (secondary N) is 1. The van der Waals surface area contributed by atoms with Gasteiger partial charge in [-0.15, -0.1) is 0 Å². The molecule has 2 aromatic rings. The number of hydrogen-bond donors (Lipinski definition) is 1. The van der Waals surface area contributed by atoms with Gasteiger partial charge in [0.05, 0.1) is 13.5 Å². The SMILES string of the molecule is COC(=O)[C@@H](Cc1ccc(F)cc1)NC(=O)Cc1cccc(F)c1. The molecule has 0 aliphatic carbocycles. The maximum atomic E-state index is 13.1. The standard InChI is InChI=1S/C18H17F2NO3/c1-24-18(23)16(10-12-5-7-14(19)8-6-12)21-17(22)11-13-3-2-4-15(20)9-13/h2-9,16H,10-11H2,1H3,(H,21,22)/t16-/m1/s1. The number of carbonyl (C=O) groups is 2. The van der Waals surface area contributed by atoms with E-state index in [1.807, 2.05) is 0 Å². The zero-order chi connectivity index (χ0) is 17.5. The molecule has 0 aliphatic heterocycles. The van der Waals surface area contributed by atoms with Crippen LogP contribution in [0.15, 0.2) is 48.5 Å². The molecule has 24 heavy (non-hydrogen) atoms. The maximum absolute atomic E-state index is 13.1. The topological polar surface area (TPSA) is 55.4 Å². The van der Waals surface area contributed by atoms with Crippen molar-refractivity contribution in [1.82, 2.24) is 5.32 Å². The predicted octanol–water partition coefficient (Wildman–Crippen LogP) is 2.41. The van der Waals surface area contributed by atoms with Crippen LogP contribution in [0.4, 0.5) is 8.78 Å². The Kier molecular flexibility index (Phi) is 6.01. The Balaban J connectivity index is 2.03. The number of hydrogen-bond acceptors (Lipinski definition) is 3. The summed E-state index contributed by atoms with van der Waals surface area (Å²) in [6.45, 7) is 0. The van der Waals surface area contributed by atoms with Crippen molar-refractivity contribution >= 4 is 11.9 Å². The molecule has 0 heterocycles. The number of ether oxygens (including phenoxy) is 1. The number of methoxy groups -OCH3 is 1. The van der Waals surface area contributed by atoms with Gasteiger partial charge < -0.3 is 10.1 Å². The highest BCUT2D eigenvalue weighted by Gasteiger charge is 2.22. The molecular formula is C18H17F2NO3. The summed E-state index contributed by atoms with van der Waals surface area (Å²) in [7, 11) is 1.22. The second-order valence-corrected chi connectivity index (χ2v) is 5.28. The Morgan fingerprint density at radius 3 is 2.38 bits per heavy atom. The average Bonchev–Trinajstić information content (AvgIpc) is 2.55. The van der Waals surface area contributed by atoms with Crippen molar-refractivity contribution in [2.24, 2.45) is 0 Å². The van der Waals surface area contributed by atoms with Gasteiger partial charge in [0.15, 0.2) is 0 Å². The molecule has 2 aromatic carbocycles. The molecule has 1 amide bonds. The quantitative estimate of drug-likeness (QED) is 0.826. The van der Waals surface area contributed by atoms with Crippen LogP contribution < -0.4 is 5.32 Å². The predicted molar refractivity (Wildman–Crippen MR) is 84.2 cm³/mol. The second-order valence-electron chi connectivity index (χ2n) is 5.28. The molecule has 126 valence electrons. The van der Waals surface area contributed by atoms with Gasteiger partial charge in [0.2, 0.25) is 5.91 Å². The van der Waals surface area contributed by atoms with Crippen molar-refractivity contribution in [2.45, 2.75) is 18.9 Å². The van der Waals surface area contributed by atoms with Gasteiger partial charge in [-0.3, -0.25) is 4.79 Å². The largest absolute Gasteiger partial charge is 0.467 e. The van der Waals surface area contributed by atoms with E-state index in [0.717, 1.165) is 0 Å². The van der Waals surface area contributed by atoms with Crippen LogP contribution in [0.5, 0.6) is 0 Å². The van der Waals surface area contributed by atoms with E-state index in [2.05, 4.69) is 5.32 Å². The fourth-order valence-electron chi connectivity index (χ4n) is 2.27. The summed E-state index contributed by atoms with van der Waals surface area (Å²) in [6.07, 6.45) is 0.108. The Hall–Kier alpha value is -2.76. The molecule has 0 bridgehead atoms. The monoisotopic (exact) mass is 333 g/mol. The van der Waals surface area contributed by atoms with E-state index in [4.69, 9.17) is 4.74 Å². The molecule has 4 nitrogen and oxygen atoms in total. The lowest BCUT2D eigenvalue weighted by atomic mass is 10.1. The zero-order valence-electron chi connectivity index (χ0n) is 13.1. The first-order valence-corrected chi connectivity index (χ1v) is 7.34. The van der Waals surface area contributed by atoms with Gasteiger partial charge in [-0.25, -0.2) is 13.6 Å². The summed E-state index contributed by atoms with van der Waals surface area (Å²) in [5, 5.41) is 2.57. The summed E-state index contributed by atoms with van der Waals surface area (Å²) in [4.78, 5) is 24.0. The van der Waals surface area contributed by atoms with Gasteiger partial charge in [-0.1, -0.05) is 24.3 Å². The van der Waals surface area contributed by atoms with Gasteiger partial charge in [0, 0.05) is 6.42 Å². The van der Waals surface area contributed by atoms with Crippen LogP contribution in [-0.4, -0.2) is 25.0 Å². The Morgan fingerprint density at radius 1 is 1.04 bits per heavy atom. The molecule has 0 radical (unpaired) electrons. The highest BCUT2D eigenvalue weighted by Crippen LogP contribution is 2.08. The summed E-state index contributed by atoms with van der Waals surface area (Å²) in [6, 6.07) is 10.4. The first kappa shape index (κ1) is 17.6. The van der Waals surface area contributed by atoms with E-state index < -0.39 is 23.7 Å². The molecule has 0 fully saturated rings. The van der Waals surface area contributed by atoms with Crippen molar-refractivity contribution in [3.63, 3.8) is 0 Å². The summed E-state index contributed by atoms with van der Waals surface area (Å²) >= 11 is 0. The van der Waals surface area contributed by atoms with E-state index >= 15 is 0 Å². The molecule has 1 atom stereocenters. The van der Waals surface area contributed by atoms with Crippen LogP contribution >= 0.6 is 0 Å². The summed E-state index contributed by atoms with van der Waals surface area (Å²) in [5.41, 5.74) is 1.18. The molecule has 0 spiro atoms.